The molecular formula is C17H25N3O3. The maximum Gasteiger partial charge on any atom is 0.273 e. The average Bonchev–Trinajstić information content (AvgIpc) is 3.33. The van der Waals surface area contributed by atoms with Gasteiger partial charge in [0.1, 0.15) is 5.76 Å². The second-order valence-corrected chi connectivity index (χ2v) is 6.97. The number of hydrogen-bond donors (Lipinski definition) is 1. The lowest BCUT2D eigenvalue weighted by Crippen LogP contribution is -2.56. The van der Waals surface area contributed by atoms with Crippen LogP contribution in [-0.4, -0.2) is 54.4 Å². The molecule has 6 nitrogen and oxygen atoms in total. The molecule has 0 bridgehead atoms. The van der Waals surface area contributed by atoms with Crippen LogP contribution >= 0.6 is 0 Å². The third-order valence-electron chi connectivity index (χ3n) is 5.30. The molecule has 3 fully saturated rings. The summed E-state index contributed by atoms with van der Waals surface area (Å²) >= 11 is 0. The maximum absolute atomic E-state index is 12.5. The lowest BCUT2D eigenvalue weighted by atomic mass is 9.88. The molecule has 0 radical (unpaired) electrons. The molecule has 1 saturated heterocycles. The van der Waals surface area contributed by atoms with Crippen LogP contribution in [0.25, 0.3) is 0 Å². The lowest BCUT2D eigenvalue weighted by Gasteiger charge is -2.41. The van der Waals surface area contributed by atoms with Crippen molar-refractivity contribution in [3.63, 3.8) is 0 Å². The van der Waals surface area contributed by atoms with Gasteiger partial charge < -0.3 is 14.6 Å². The zero-order chi connectivity index (χ0) is 15.6. The van der Waals surface area contributed by atoms with Crippen molar-refractivity contribution in [3.05, 3.63) is 17.5 Å². The van der Waals surface area contributed by atoms with E-state index < -0.39 is 0 Å². The van der Waals surface area contributed by atoms with Crippen LogP contribution < -0.4 is 5.32 Å². The van der Waals surface area contributed by atoms with Gasteiger partial charge in [0.25, 0.3) is 5.91 Å². The van der Waals surface area contributed by atoms with Gasteiger partial charge >= 0.3 is 0 Å². The van der Waals surface area contributed by atoms with E-state index in [1.807, 2.05) is 6.07 Å². The van der Waals surface area contributed by atoms with Gasteiger partial charge in [-0.3, -0.25) is 9.69 Å². The summed E-state index contributed by atoms with van der Waals surface area (Å²) in [6.07, 6.45) is 6.91. The minimum absolute atomic E-state index is 0.0918. The van der Waals surface area contributed by atoms with Crippen LogP contribution in [0.3, 0.4) is 0 Å². The SMILES string of the molecule is O=C(N[C@@H]1CCCC[C@@H]1N1CCOCC1)c1cc(C2CC2)on1. The fourth-order valence-electron chi connectivity index (χ4n) is 3.82. The van der Waals surface area contributed by atoms with Crippen molar-refractivity contribution in [2.45, 2.75) is 56.5 Å². The number of nitrogens with one attached hydrogen (secondary N) is 1. The van der Waals surface area contributed by atoms with E-state index in [2.05, 4.69) is 15.4 Å². The Bertz CT molecular complexity index is 549. The highest BCUT2D eigenvalue weighted by Crippen LogP contribution is 2.40. The van der Waals surface area contributed by atoms with Crippen LogP contribution in [0.1, 0.15) is 60.7 Å². The summed E-state index contributed by atoms with van der Waals surface area (Å²) in [6, 6.07) is 2.45. The van der Waals surface area contributed by atoms with Gasteiger partial charge in [0, 0.05) is 37.2 Å². The van der Waals surface area contributed by atoms with Gasteiger partial charge in [-0.2, -0.15) is 0 Å². The molecule has 1 aromatic rings. The summed E-state index contributed by atoms with van der Waals surface area (Å²) < 4.78 is 10.8. The molecule has 4 rings (SSSR count). The number of rotatable bonds is 4. The second kappa shape index (κ2) is 6.61. The average molecular weight is 319 g/mol. The summed E-state index contributed by atoms with van der Waals surface area (Å²) in [6.45, 7) is 3.52. The highest BCUT2D eigenvalue weighted by molar-refractivity contribution is 5.92. The van der Waals surface area contributed by atoms with E-state index >= 15 is 0 Å². The molecule has 2 atom stereocenters. The quantitative estimate of drug-likeness (QED) is 0.918. The zero-order valence-electron chi connectivity index (χ0n) is 13.5. The number of nitrogens with zero attached hydrogens (tertiary/aromatic N) is 2. The predicted molar refractivity (Wildman–Crippen MR) is 84.4 cm³/mol. The van der Waals surface area contributed by atoms with Gasteiger partial charge in [-0.05, 0) is 25.7 Å². The highest BCUT2D eigenvalue weighted by atomic mass is 16.5. The van der Waals surface area contributed by atoms with E-state index in [1.165, 1.54) is 12.8 Å². The Hall–Kier alpha value is -1.40. The molecular weight excluding hydrogens is 294 g/mol. The summed E-state index contributed by atoms with van der Waals surface area (Å²) in [4.78, 5) is 15.0. The van der Waals surface area contributed by atoms with Gasteiger partial charge in [0.05, 0.1) is 13.2 Å². The van der Waals surface area contributed by atoms with Crippen LogP contribution in [-0.2, 0) is 4.74 Å². The Morgan fingerprint density at radius 3 is 2.74 bits per heavy atom. The van der Waals surface area contributed by atoms with Gasteiger partial charge in [0.2, 0.25) is 0 Å². The van der Waals surface area contributed by atoms with Crippen molar-refractivity contribution in [1.29, 1.82) is 0 Å². The first kappa shape index (κ1) is 15.1. The fraction of sp³-hybridized carbons (Fsp3) is 0.765. The topological polar surface area (TPSA) is 67.6 Å². The first-order valence-electron chi connectivity index (χ1n) is 8.90. The molecule has 0 aromatic carbocycles. The number of hydrogen-bond acceptors (Lipinski definition) is 5. The molecule has 1 N–H and O–H groups in total. The molecule has 3 aliphatic rings. The summed E-state index contributed by atoms with van der Waals surface area (Å²) in [7, 11) is 0. The Morgan fingerprint density at radius 1 is 1.17 bits per heavy atom. The van der Waals surface area contributed by atoms with Crippen LogP contribution in [0.5, 0.6) is 0 Å². The van der Waals surface area contributed by atoms with E-state index in [0.717, 1.165) is 57.7 Å². The molecule has 0 spiro atoms. The van der Waals surface area contributed by atoms with Gasteiger partial charge in [-0.15, -0.1) is 0 Å². The van der Waals surface area contributed by atoms with E-state index in [4.69, 9.17) is 9.26 Å². The van der Waals surface area contributed by atoms with Gasteiger partial charge in [0.15, 0.2) is 5.69 Å². The van der Waals surface area contributed by atoms with Crippen molar-refractivity contribution >= 4 is 5.91 Å². The van der Waals surface area contributed by atoms with Crippen LogP contribution in [0.15, 0.2) is 10.6 Å². The molecule has 2 heterocycles. The largest absolute Gasteiger partial charge is 0.379 e. The monoisotopic (exact) mass is 319 g/mol. The molecule has 1 aromatic heterocycles. The Balaban J connectivity index is 1.40. The molecule has 2 aliphatic carbocycles. The van der Waals surface area contributed by atoms with Gasteiger partial charge in [-0.25, -0.2) is 0 Å². The second-order valence-electron chi connectivity index (χ2n) is 6.97. The maximum atomic E-state index is 12.5. The molecule has 23 heavy (non-hydrogen) atoms. The molecule has 6 heteroatoms. The molecule has 1 aliphatic heterocycles. The standard InChI is InChI=1S/C17H25N3O3/c21-17(14-11-16(23-19-14)12-5-6-12)18-13-3-1-2-4-15(13)20-7-9-22-10-8-20/h11-13,15H,1-10H2,(H,18,21)/t13-,15+/m1/s1. The smallest absolute Gasteiger partial charge is 0.273 e. The Morgan fingerprint density at radius 2 is 1.96 bits per heavy atom. The Kier molecular flexibility index (Phi) is 4.35. The third kappa shape index (κ3) is 3.43. The van der Waals surface area contributed by atoms with Crippen molar-refractivity contribution in [2.75, 3.05) is 26.3 Å². The van der Waals surface area contributed by atoms with Crippen molar-refractivity contribution in [3.8, 4) is 0 Å². The molecule has 1 amide bonds. The van der Waals surface area contributed by atoms with Crippen molar-refractivity contribution in [2.24, 2.45) is 0 Å². The normalized spacial score (nSPS) is 29.4. The first-order chi connectivity index (χ1) is 11.3. The van der Waals surface area contributed by atoms with Crippen LogP contribution in [0, 0.1) is 0 Å². The van der Waals surface area contributed by atoms with E-state index in [-0.39, 0.29) is 11.9 Å². The van der Waals surface area contributed by atoms with Gasteiger partial charge in [-0.1, -0.05) is 18.0 Å². The van der Waals surface area contributed by atoms with Crippen LogP contribution in [0.4, 0.5) is 0 Å². The number of carbonyl (C=O) groups excluding carboxylic acids is 1. The minimum atomic E-state index is -0.0918. The first-order valence-corrected chi connectivity index (χ1v) is 8.90. The van der Waals surface area contributed by atoms with E-state index in [9.17, 15) is 4.79 Å². The lowest BCUT2D eigenvalue weighted by molar-refractivity contribution is 0.0000884. The van der Waals surface area contributed by atoms with Crippen molar-refractivity contribution in [1.82, 2.24) is 15.4 Å². The number of carbonyl (C=O) groups is 1. The zero-order valence-corrected chi connectivity index (χ0v) is 13.5. The van der Waals surface area contributed by atoms with E-state index in [0.29, 0.717) is 17.7 Å². The van der Waals surface area contributed by atoms with Crippen molar-refractivity contribution < 1.29 is 14.1 Å². The molecule has 0 unspecified atom stereocenters. The summed E-state index contributed by atoms with van der Waals surface area (Å²) in [5, 5.41) is 7.17. The van der Waals surface area contributed by atoms with E-state index in [1.54, 1.807) is 0 Å². The third-order valence-corrected chi connectivity index (χ3v) is 5.30. The number of ether oxygens (including phenoxy) is 1. The minimum Gasteiger partial charge on any atom is -0.379 e. The molecule has 126 valence electrons. The fourth-order valence-corrected chi connectivity index (χ4v) is 3.82. The number of aromatic nitrogens is 1. The predicted octanol–water partition coefficient (Wildman–Crippen LogP) is 1.93. The molecule has 2 saturated carbocycles. The summed E-state index contributed by atoms with van der Waals surface area (Å²) in [5.74, 6) is 1.26. The highest BCUT2D eigenvalue weighted by Gasteiger charge is 2.33. The Labute approximate surface area is 136 Å². The number of amides is 1. The summed E-state index contributed by atoms with van der Waals surface area (Å²) in [5.41, 5.74) is 0.429. The number of morpholine rings is 1. The van der Waals surface area contributed by atoms with Crippen LogP contribution in [0.2, 0.25) is 0 Å².